The molecule has 0 spiro atoms. The monoisotopic (exact) mass is 364 g/mol. The zero-order valence-corrected chi connectivity index (χ0v) is 15.8. The maximum absolute atomic E-state index is 12.1. The second-order valence-electron chi connectivity index (χ2n) is 6.78. The molecule has 2 N–H and O–H groups in total. The fourth-order valence-electron chi connectivity index (χ4n) is 2.77. The maximum atomic E-state index is 12.1. The van der Waals surface area contributed by atoms with E-state index >= 15 is 0 Å². The van der Waals surface area contributed by atoms with Crippen LogP contribution in [0, 0.1) is 6.92 Å². The summed E-state index contributed by atoms with van der Waals surface area (Å²) in [5.74, 6) is 1.30. The molecule has 1 heterocycles. The van der Waals surface area contributed by atoms with Gasteiger partial charge in [0.2, 0.25) is 0 Å². The van der Waals surface area contributed by atoms with E-state index in [4.69, 9.17) is 9.15 Å². The third kappa shape index (κ3) is 4.50. The topological polar surface area (TPSA) is 63.5 Å². The van der Waals surface area contributed by atoms with Gasteiger partial charge in [0.1, 0.15) is 11.3 Å². The van der Waals surface area contributed by atoms with Gasteiger partial charge in [-0.1, -0.05) is 56.3 Å². The molecule has 0 aliphatic rings. The molecule has 3 aromatic rings. The van der Waals surface area contributed by atoms with Gasteiger partial charge in [-0.2, -0.15) is 0 Å². The first kappa shape index (κ1) is 18.6. The highest BCUT2D eigenvalue weighted by atomic mass is 16.5. The summed E-state index contributed by atoms with van der Waals surface area (Å²) in [6, 6.07) is 15.5. The van der Waals surface area contributed by atoms with E-state index in [1.807, 2.05) is 49.4 Å². The molecular weight excluding hydrogens is 340 g/mol. The number of benzene rings is 2. The van der Waals surface area contributed by atoms with Gasteiger partial charge in [0.15, 0.2) is 12.4 Å². The van der Waals surface area contributed by atoms with E-state index in [1.165, 1.54) is 5.56 Å². The number of para-hydroxylation sites is 1. The molecule has 5 heteroatoms. The van der Waals surface area contributed by atoms with Crippen LogP contribution in [0.3, 0.4) is 0 Å². The van der Waals surface area contributed by atoms with Crippen LogP contribution < -0.4 is 15.6 Å². The molecule has 1 amide bonds. The minimum Gasteiger partial charge on any atom is -0.483 e. The van der Waals surface area contributed by atoms with Crippen molar-refractivity contribution in [3.05, 3.63) is 72.0 Å². The van der Waals surface area contributed by atoms with Crippen LogP contribution in [0.4, 0.5) is 0 Å². The SMILES string of the molecule is C=C(NNC(=O)COc1ccc(C)cc1C(C)C)c1cc2ccccc2o1. The van der Waals surface area contributed by atoms with Crippen molar-refractivity contribution in [2.45, 2.75) is 26.7 Å². The number of carbonyl (C=O) groups excluding carboxylic acids is 1. The Balaban J connectivity index is 1.55. The highest BCUT2D eigenvalue weighted by molar-refractivity contribution is 5.82. The van der Waals surface area contributed by atoms with Crippen LogP contribution in [0.2, 0.25) is 0 Å². The number of hydrogen-bond acceptors (Lipinski definition) is 4. The van der Waals surface area contributed by atoms with Crippen LogP contribution in [0.5, 0.6) is 5.75 Å². The Morgan fingerprint density at radius 2 is 1.93 bits per heavy atom. The molecule has 27 heavy (non-hydrogen) atoms. The lowest BCUT2D eigenvalue weighted by Gasteiger charge is -2.15. The summed E-state index contributed by atoms with van der Waals surface area (Å²) in [7, 11) is 0. The number of fused-ring (bicyclic) bond motifs is 1. The van der Waals surface area contributed by atoms with Gasteiger partial charge in [-0.05, 0) is 36.6 Å². The third-order valence-electron chi connectivity index (χ3n) is 4.22. The number of nitrogens with one attached hydrogen (secondary N) is 2. The number of rotatable bonds is 7. The predicted octanol–water partition coefficient (Wildman–Crippen LogP) is 4.54. The van der Waals surface area contributed by atoms with E-state index in [1.54, 1.807) is 0 Å². The normalized spacial score (nSPS) is 10.8. The van der Waals surface area contributed by atoms with Gasteiger partial charge < -0.3 is 9.15 Å². The van der Waals surface area contributed by atoms with E-state index < -0.39 is 0 Å². The lowest BCUT2D eigenvalue weighted by molar-refractivity contribution is -0.123. The average molecular weight is 364 g/mol. The number of hydrogen-bond donors (Lipinski definition) is 2. The Bertz CT molecular complexity index is 940. The van der Waals surface area contributed by atoms with Crippen molar-refractivity contribution in [3.63, 3.8) is 0 Å². The van der Waals surface area contributed by atoms with Crippen LogP contribution >= 0.6 is 0 Å². The molecule has 0 saturated carbocycles. The molecule has 0 atom stereocenters. The van der Waals surface area contributed by atoms with Crippen molar-refractivity contribution < 1.29 is 13.9 Å². The Morgan fingerprint density at radius 3 is 2.67 bits per heavy atom. The maximum Gasteiger partial charge on any atom is 0.276 e. The van der Waals surface area contributed by atoms with Crippen molar-refractivity contribution >= 4 is 22.6 Å². The quantitative estimate of drug-likeness (QED) is 0.605. The van der Waals surface area contributed by atoms with Crippen LogP contribution in [-0.2, 0) is 4.79 Å². The summed E-state index contributed by atoms with van der Waals surface area (Å²) >= 11 is 0. The number of carbonyl (C=O) groups is 1. The highest BCUT2D eigenvalue weighted by Crippen LogP contribution is 2.27. The first-order chi connectivity index (χ1) is 12.9. The number of hydrazine groups is 1. The largest absolute Gasteiger partial charge is 0.483 e. The molecule has 0 unspecified atom stereocenters. The summed E-state index contributed by atoms with van der Waals surface area (Å²) in [5.41, 5.74) is 8.85. The smallest absolute Gasteiger partial charge is 0.276 e. The molecule has 2 aromatic carbocycles. The van der Waals surface area contributed by atoms with Crippen molar-refractivity contribution in [1.82, 2.24) is 10.9 Å². The van der Waals surface area contributed by atoms with Gasteiger partial charge in [0.25, 0.3) is 5.91 Å². The minimum atomic E-state index is -0.303. The lowest BCUT2D eigenvalue weighted by atomic mass is 10.00. The Kier molecular flexibility index (Phi) is 5.50. The zero-order chi connectivity index (χ0) is 19.4. The fourth-order valence-corrected chi connectivity index (χ4v) is 2.77. The standard InChI is InChI=1S/C22H24N2O3/c1-14(2)18-11-15(3)9-10-20(18)26-13-22(25)24-23-16(4)21-12-17-7-5-6-8-19(17)27-21/h5-12,14,23H,4,13H2,1-3H3,(H,24,25). The van der Waals surface area contributed by atoms with Crippen LogP contribution in [0.25, 0.3) is 16.7 Å². The number of ether oxygens (including phenoxy) is 1. The van der Waals surface area contributed by atoms with Gasteiger partial charge in [-0.3, -0.25) is 15.6 Å². The third-order valence-corrected chi connectivity index (χ3v) is 4.22. The fraction of sp³-hybridized carbons (Fsp3) is 0.227. The summed E-state index contributed by atoms with van der Waals surface area (Å²) in [6.07, 6.45) is 0. The van der Waals surface area contributed by atoms with Crippen molar-refractivity contribution in [2.75, 3.05) is 6.61 Å². The number of amides is 1. The van der Waals surface area contributed by atoms with Crippen molar-refractivity contribution in [3.8, 4) is 5.75 Å². The lowest BCUT2D eigenvalue weighted by Crippen LogP contribution is -2.39. The predicted molar refractivity (Wildman–Crippen MR) is 107 cm³/mol. The molecule has 0 fully saturated rings. The van der Waals surface area contributed by atoms with Crippen LogP contribution in [0.1, 0.15) is 36.7 Å². The van der Waals surface area contributed by atoms with Gasteiger partial charge in [0, 0.05) is 5.39 Å². The summed E-state index contributed by atoms with van der Waals surface area (Å²) in [5, 5.41) is 0.977. The molecule has 5 nitrogen and oxygen atoms in total. The van der Waals surface area contributed by atoms with Crippen LogP contribution in [0.15, 0.2) is 59.5 Å². The Labute approximate surface area is 159 Å². The molecule has 140 valence electrons. The molecule has 1 aromatic heterocycles. The minimum absolute atomic E-state index is 0.0941. The molecular formula is C22H24N2O3. The van der Waals surface area contributed by atoms with Crippen molar-refractivity contribution in [2.24, 2.45) is 0 Å². The molecule has 0 aliphatic heterocycles. The van der Waals surface area contributed by atoms with E-state index in [2.05, 4.69) is 37.3 Å². The van der Waals surface area contributed by atoms with Crippen LogP contribution in [-0.4, -0.2) is 12.5 Å². The Morgan fingerprint density at radius 1 is 1.15 bits per heavy atom. The molecule has 0 saturated heterocycles. The van der Waals surface area contributed by atoms with E-state index in [9.17, 15) is 4.79 Å². The first-order valence-electron chi connectivity index (χ1n) is 8.90. The number of furan rings is 1. The second kappa shape index (κ2) is 7.99. The van der Waals surface area contributed by atoms with Gasteiger partial charge in [-0.15, -0.1) is 0 Å². The van der Waals surface area contributed by atoms with Gasteiger partial charge >= 0.3 is 0 Å². The molecule has 3 rings (SSSR count). The number of aryl methyl sites for hydroxylation is 1. The van der Waals surface area contributed by atoms with E-state index in [0.717, 1.165) is 22.3 Å². The molecule has 0 aliphatic carbocycles. The first-order valence-corrected chi connectivity index (χ1v) is 8.90. The van der Waals surface area contributed by atoms with E-state index in [-0.39, 0.29) is 12.5 Å². The molecule has 0 bridgehead atoms. The van der Waals surface area contributed by atoms with Gasteiger partial charge in [0.05, 0.1) is 5.70 Å². The van der Waals surface area contributed by atoms with Crippen molar-refractivity contribution in [1.29, 1.82) is 0 Å². The van der Waals surface area contributed by atoms with Gasteiger partial charge in [-0.25, -0.2) is 0 Å². The molecule has 0 radical (unpaired) electrons. The highest BCUT2D eigenvalue weighted by Gasteiger charge is 2.11. The summed E-state index contributed by atoms with van der Waals surface area (Å²) in [4.78, 5) is 12.1. The summed E-state index contributed by atoms with van der Waals surface area (Å²) in [6.45, 7) is 10.0. The zero-order valence-electron chi connectivity index (χ0n) is 15.8. The summed E-state index contributed by atoms with van der Waals surface area (Å²) < 4.78 is 11.4. The second-order valence-corrected chi connectivity index (χ2v) is 6.78. The Hall–Kier alpha value is -3.21. The average Bonchev–Trinajstić information content (AvgIpc) is 3.09. The van der Waals surface area contributed by atoms with E-state index in [0.29, 0.717) is 17.4 Å².